The Bertz CT molecular complexity index is 1500. The average Bonchev–Trinajstić information content (AvgIpc) is 3.49. The third kappa shape index (κ3) is 5.80. The molecule has 41 heavy (non-hydrogen) atoms. The molecule has 3 aliphatic rings. The molecule has 2 fully saturated rings. The normalized spacial score (nSPS) is 29.6. The molecule has 5 rings (SSSR count). The summed E-state index contributed by atoms with van der Waals surface area (Å²) in [4.78, 5) is 28.4. The molecular formula is C30H36Cl2FN3O4S. The molecule has 6 atom stereocenters. The van der Waals surface area contributed by atoms with Crippen LogP contribution in [0.3, 0.4) is 0 Å². The lowest BCUT2D eigenvalue weighted by atomic mass is 9.62. The number of carbonyl (C=O) groups excluding carboxylic acids is 2. The Labute approximate surface area is 251 Å². The minimum Gasteiger partial charge on any atom is -0.325 e. The molecule has 7 nitrogen and oxygen atoms in total. The molecule has 3 N–H and O–H groups in total. The first-order valence-electron chi connectivity index (χ1n) is 13.9. The number of hydrogen-bond acceptors (Lipinski definition) is 5. The highest BCUT2D eigenvalue weighted by Crippen LogP contribution is 2.57. The van der Waals surface area contributed by atoms with Crippen LogP contribution < -0.4 is 15.4 Å². The third-order valence-electron chi connectivity index (χ3n) is 8.70. The second kappa shape index (κ2) is 10.9. The van der Waals surface area contributed by atoms with Gasteiger partial charge < -0.3 is 10.6 Å². The van der Waals surface area contributed by atoms with E-state index in [9.17, 15) is 18.0 Å². The molecule has 1 aliphatic carbocycles. The highest BCUT2D eigenvalue weighted by atomic mass is 35.5. The van der Waals surface area contributed by atoms with Crippen LogP contribution in [-0.2, 0) is 25.0 Å². The zero-order valence-electron chi connectivity index (χ0n) is 23.6. The number of carbonyl (C=O) groups is 2. The van der Waals surface area contributed by atoms with Crippen LogP contribution in [0.2, 0.25) is 10.0 Å². The van der Waals surface area contributed by atoms with E-state index in [1.165, 1.54) is 6.07 Å². The fourth-order valence-corrected chi connectivity index (χ4v) is 8.46. The van der Waals surface area contributed by atoms with Gasteiger partial charge in [-0.15, -0.1) is 0 Å². The number of Topliss-reactive ketones (excluding diaryl/α,β-unsaturated/α-hetero) is 1. The van der Waals surface area contributed by atoms with Crippen molar-refractivity contribution in [3.05, 3.63) is 63.4 Å². The number of ketones is 1. The van der Waals surface area contributed by atoms with E-state index in [0.717, 1.165) is 6.26 Å². The van der Waals surface area contributed by atoms with Crippen molar-refractivity contribution in [1.29, 1.82) is 0 Å². The molecule has 1 saturated carbocycles. The van der Waals surface area contributed by atoms with Crippen LogP contribution in [0.5, 0.6) is 0 Å². The first-order valence-corrected chi connectivity index (χ1v) is 16.6. The molecule has 2 aliphatic heterocycles. The van der Waals surface area contributed by atoms with Gasteiger partial charge in [0.25, 0.3) is 0 Å². The van der Waals surface area contributed by atoms with E-state index in [4.69, 9.17) is 23.2 Å². The first-order chi connectivity index (χ1) is 19.1. The molecule has 222 valence electrons. The number of rotatable bonds is 7. The van der Waals surface area contributed by atoms with Gasteiger partial charge in [-0.1, -0.05) is 62.2 Å². The summed E-state index contributed by atoms with van der Waals surface area (Å²) >= 11 is 12.6. The Balaban J connectivity index is 1.60. The lowest BCUT2D eigenvalue weighted by Crippen LogP contribution is -2.49. The van der Waals surface area contributed by atoms with Crippen molar-refractivity contribution in [2.75, 3.05) is 11.6 Å². The molecular weight excluding hydrogens is 588 g/mol. The second-order valence-electron chi connectivity index (χ2n) is 13.0. The van der Waals surface area contributed by atoms with E-state index in [1.54, 1.807) is 30.3 Å². The van der Waals surface area contributed by atoms with Crippen molar-refractivity contribution in [3.8, 4) is 0 Å². The van der Waals surface area contributed by atoms with Gasteiger partial charge in [0, 0.05) is 35.1 Å². The van der Waals surface area contributed by atoms with Gasteiger partial charge >= 0.3 is 0 Å². The van der Waals surface area contributed by atoms with Crippen LogP contribution in [-0.4, -0.2) is 44.5 Å². The predicted octanol–water partition coefficient (Wildman–Crippen LogP) is 5.56. The van der Waals surface area contributed by atoms with E-state index in [1.807, 2.05) is 0 Å². The van der Waals surface area contributed by atoms with Gasteiger partial charge in [-0.3, -0.25) is 9.59 Å². The van der Waals surface area contributed by atoms with E-state index >= 15 is 4.39 Å². The molecule has 0 radical (unpaired) electrons. The number of nitrogens with one attached hydrogen (secondary N) is 3. The molecule has 0 unspecified atom stereocenters. The SMILES string of the molecule is CC(C)(C)C[C@H]1N[C@@H](C(=O)C[C@H]2CC[C@@H](NS(C)(=O)=O)C2)[C@H](c2cccc(Cl)c2F)[C@@]12C(=O)Nc1cc(Cl)ccc12. The molecule has 11 heteroatoms. The van der Waals surface area contributed by atoms with Gasteiger partial charge in [0.15, 0.2) is 5.78 Å². The van der Waals surface area contributed by atoms with Crippen molar-refractivity contribution >= 4 is 50.6 Å². The molecule has 1 amide bonds. The van der Waals surface area contributed by atoms with Crippen LogP contribution in [0.4, 0.5) is 10.1 Å². The van der Waals surface area contributed by atoms with Gasteiger partial charge in [0.1, 0.15) is 11.2 Å². The van der Waals surface area contributed by atoms with Gasteiger partial charge in [-0.05, 0) is 66.3 Å². The minimum atomic E-state index is -3.36. The van der Waals surface area contributed by atoms with Gasteiger partial charge in [0.2, 0.25) is 15.9 Å². The summed E-state index contributed by atoms with van der Waals surface area (Å²) in [6, 6.07) is 8.31. The number of fused-ring (bicyclic) bond motifs is 2. The monoisotopic (exact) mass is 623 g/mol. The first kappa shape index (κ1) is 30.4. The van der Waals surface area contributed by atoms with Crippen molar-refractivity contribution in [1.82, 2.24) is 10.0 Å². The largest absolute Gasteiger partial charge is 0.325 e. The molecule has 0 bridgehead atoms. The maximum atomic E-state index is 15.9. The summed E-state index contributed by atoms with van der Waals surface area (Å²) < 4.78 is 42.0. The average molecular weight is 625 g/mol. The van der Waals surface area contributed by atoms with Crippen LogP contribution in [0, 0.1) is 17.2 Å². The fraction of sp³-hybridized carbons (Fsp3) is 0.533. The third-order valence-corrected chi connectivity index (χ3v) is 9.99. The van der Waals surface area contributed by atoms with Crippen molar-refractivity contribution in [2.24, 2.45) is 11.3 Å². The highest BCUT2D eigenvalue weighted by Gasteiger charge is 2.66. The summed E-state index contributed by atoms with van der Waals surface area (Å²) in [7, 11) is -3.36. The molecule has 2 aromatic carbocycles. The summed E-state index contributed by atoms with van der Waals surface area (Å²) in [6.45, 7) is 6.20. The topological polar surface area (TPSA) is 104 Å². The summed E-state index contributed by atoms with van der Waals surface area (Å²) in [5.41, 5.74) is -0.0952. The number of amides is 1. The Kier molecular flexibility index (Phi) is 8.09. The van der Waals surface area contributed by atoms with Crippen molar-refractivity contribution < 1.29 is 22.4 Å². The Morgan fingerprint density at radius 2 is 1.90 bits per heavy atom. The second-order valence-corrected chi connectivity index (χ2v) is 15.7. The number of hydrogen-bond donors (Lipinski definition) is 3. The zero-order chi connectivity index (χ0) is 29.9. The molecule has 2 aromatic rings. The quantitative estimate of drug-likeness (QED) is 0.375. The number of halogens is 3. The standard InChI is InChI=1S/C30H36Cl2FN3O4S/c1-29(2,3)15-24-30(20-11-9-17(31)14-22(20)34-28(30)38)25(19-6-5-7-21(32)26(19)33)27(35-24)23(37)13-16-8-10-18(12-16)36-41(4,39)40/h5-7,9,11,14,16,18,24-25,27,35-36H,8,10,12-13,15H2,1-4H3,(H,34,38)/t16-,18+,24+,25-,27-,30-/m0/s1. The highest BCUT2D eigenvalue weighted by molar-refractivity contribution is 7.88. The molecule has 1 spiro atoms. The molecule has 1 saturated heterocycles. The van der Waals surface area contributed by atoms with Crippen LogP contribution in [0.15, 0.2) is 36.4 Å². The van der Waals surface area contributed by atoms with Gasteiger partial charge in [0.05, 0.1) is 17.3 Å². The summed E-state index contributed by atoms with van der Waals surface area (Å²) in [5, 5.41) is 6.88. The number of sulfonamides is 1. The lowest BCUT2D eigenvalue weighted by molar-refractivity contribution is -0.123. The predicted molar refractivity (Wildman–Crippen MR) is 159 cm³/mol. The number of anilines is 1. The van der Waals surface area contributed by atoms with Crippen LogP contribution >= 0.6 is 23.2 Å². The molecule has 0 aromatic heterocycles. The molecule has 2 heterocycles. The lowest BCUT2D eigenvalue weighted by Gasteiger charge is -2.37. The fourth-order valence-electron chi connectivity index (χ4n) is 7.29. The van der Waals surface area contributed by atoms with Crippen molar-refractivity contribution in [2.45, 2.75) is 82.3 Å². The smallest absolute Gasteiger partial charge is 0.237 e. The van der Waals surface area contributed by atoms with Crippen molar-refractivity contribution in [3.63, 3.8) is 0 Å². The number of benzene rings is 2. The Morgan fingerprint density at radius 3 is 2.59 bits per heavy atom. The van der Waals surface area contributed by atoms with Crippen LogP contribution in [0.25, 0.3) is 0 Å². The van der Waals surface area contributed by atoms with Crippen LogP contribution in [0.1, 0.15) is 69.9 Å². The maximum absolute atomic E-state index is 15.9. The van der Waals surface area contributed by atoms with Gasteiger partial charge in [-0.2, -0.15) is 0 Å². The zero-order valence-corrected chi connectivity index (χ0v) is 25.9. The van der Waals surface area contributed by atoms with E-state index in [2.05, 4.69) is 36.1 Å². The minimum absolute atomic E-state index is 0.0329. The summed E-state index contributed by atoms with van der Waals surface area (Å²) in [5.74, 6) is -2.01. The Morgan fingerprint density at radius 1 is 1.17 bits per heavy atom. The van der Waals surface area contributed by atoms with E-state index in [0.29, 0.717) is 42.0 Å². The van der Waals surface area contributed by atoms with Gasteiger partial charge in [-0.25, -0.2) is 17.5 Å². The van der Waals surface area contributed by atoms with E-state index < -0.39 is 39.3 Å². The summed E-state index contributed by atoms with van der Waals surface area (Å²) in [6.07, 6.45) is 3.73. The van der Waals surface area contributed by atoms with E-state index in [-0.39, 0.29) is 46.1 Å². The Hall–Kier alpha value is -2.04. The maximum Gasteiger partial charge on any atom is 0.237 e.